The Kier molecular flexibility index (Phi) is 2.86. The third kappa shape index (κ3) is 2.02. The number of pyridine rings is 1. The van der Waals surface area contributed by atoms with E-state index in [1.54, 1.807) is 12.5 Å². The van der Waals surface area contributed by atoms with Crippen LogP contribution in [0.3, 0.4) is 0 Å². The van der Waals surface area contributed by atoms with Crippen molar-refractivity contribution in [2.75, 3.05) is 5.73 Å². The molecule has 2 heterocycles. The van der Waals surface area contributed by atoms with Crippen LogP contribution < -0.4 is 5.73 Å². The summed E-state index contributed by atoms with van der Waals surface area (Å²) in [5.41, 5.74) is 10.7. The molecule has 4 nitrogen and oxygen atoms in total. The van der Waals surface area contributed by atoms with Crippen LogP contribution in [-0.4, -0.2) is 14.5 Å². The van der Waals surface area contributed by atoms with Gasteiger partial charge in [0.05, 0.1) is 28.9 Å². The van der Waals surface area contributed by atoms with Crippen molar-refractivity contribution >= 4 is 16.6 Å². The molecule has 4 rings (SSSR count). The Balaban J connectivity index is 1.93. The summed E-state index contributed by atoms with van der Waals surface area (Å²) in [6.45, 7) is 0. The zero-order valence-corrected chi connectivity index (χ0v) is 11.8. The highest BCUT2D eigenvalue weighted by atomic mass is 15.0. The molecule has 0 amide bonds. The van der Waals surface area contributed by atoms with E-state index in [9.17, 15) is 0 Å². The highest BCUT2D eigenvalue weighted by Gasteiger charge is 2.09. The van der Waals surface area contributed by atoms with Gasteiger partial charge in [-0.15, -0.1) is 0 Å². The standard InChI is InChI=1S/C18H14N4/c19-17-16(22-11-10-20-12-22)9-7-14-6-8-15(21-18(14)17)13-4-2-1-3-5-13/h1-12H,19H2. The molecule has 0 spiro atoms. The van der Waals surface area contributed by atoms with Gasteiger partial charge in [-0.2, -0.15) is 0 Å². The van der Waals surface area contributed by atoms with Crippen molar-refractivity contribution in [3.8, 4) is 16.9 Å². The van der Waals surface area contributed by atoms with E-state index in [1.807, 2.05) is 59.3 Å². The molecular formula is C18H14N4. The first-order valence-electron chi connectivity index (χ1n) is 7.06. The number of imidazole rings is 1. The van der Waals surface area contributed by atoms with Crippen molar-refractivity contribution < 1.29 is 0 Å². The Morgan fingerprint density at radius 1 is 0.909 bits per heavy atom. The number of aromatic nitrogens is 3. The van der Waals surface area contributed by atoms with Gasteiger partial charge in [-0.25, -0.2) is 9.97 Å². The van der Waals surface area contributed by atoms with Gasteiger partial charge in [0.15, 0.2) is 0 Å². The lowest BCUT2D eigenvalue weighted by molar-refractivity contribution is 1.06. The predicted molar refractivity (Wildman–Crippen MR) is 88.7 cm³/mol. The molecule has 22 heavy (non-hydrogen) atoms. The maximum absolute atomic E-state index is 6.35. The molecule has 0 aliphatic rings. The van der Waals surface area contributed by atoms with E-state index in [4.69, 9.17) is 10.7 Å². The number of hydrogen-bond acceptors (Lipinski definition) is 3. The molecule has 2 N–H and O–H groups in total. The van der Waals surface area contributed by atoms with Crippen molar-refractivity contribution in [3.63, 3.8) is 0 Å². The van der Waals surface area contributed by atoms with Crippen molar-refractivity contribution in [2.45, 2.75) is 0 Å². The Labute approximate surface area is 127 Å². The van der Waals surface area contributed by atoms with Crippen molar-refractivity contribution in [3.05, 3.63) is 73.3 Å². The Morgan fingerprint density at radius 3 is 2.50 bits per heavy atom. The largest absolute Gasteiger partial charge is 0.395 e. The van der Waals surface area contributed by atoms with Gasteiger partial charge in [0.1, 0.15) is 0 Å². The van der Waals surface area contributed by atoms with Crippen molar-refractivity contribution in [2.24, 2.45) is 0 Å². The summed E-state index contributed by atoms with van der Waals surface area (Å²) in [5, 5.41) is 1.03. The van der Waals surface area contributed by atoms with Gasteiger partial charge in [-0.3, -0.25) is 0 Å². The number of nitrogen functional groups attached to an aromatic ring is 1. The van der Waals surface area contributed by atoms with E-state index >= 15 is 0 Å². The molecule has 0 saturated carbocycles. The van der Waals surface area contributed by atoms with Gasteiger partial charge >= 0.3 is 0 Å². The fourth-order valence-corrected chi connectivity index (χ4v) is 2.60. The van der Waals surface area contributed by atoms with Gasteiger partial charge in [0.2, 0.25) is 0 Å². The summed E-state index contributed by atoms with van der Waals surface area (Å²) in [5.74, 6) is 0. The number of anilines is 1. The molecule has 0 unspecified atom stereocenters. The van der Waals surface area contributed by atoms with Crippen LogP contribution in [0.25, 0.3) is 27.8 Å². The fraction of sp³-hybridized carbons (Fsp3) is 0. The van der Waals surface area contributed by atoms with Gasteiger partial charge in [0, 0.05) is 23.3 Å². The first-order chi connectivity index (χ1) is 10.8. The lowest BCUT2D eigenvalue weighted by Crippen LogP contribution is -2.00. The summed E-state index contributed by atoms with van der Waals surface area (Å²) in [4.78, 5) is 8.83. The first-order valence-corrected chi connectivity index (χ1v) is 7.06. The minimum Gasteiger partial charge on any atom is -0.395 e. The molecule has 4 aromatic rings. The van der Waals surface area contributed by atoms with Crippen LogP contribution in [-0.2, 0) is 0 Å². The molecule has 106 valence electrons. The number of hydrogen-bond donors (Lipinski definition) is 1. The van der Waals surface area contributed by atoms with E-state index < -0.39 is 0 Å². The molecule has 0 atom stereocenters. The monoisotopic (exact) mass is 286 g/mol. The van der Waals surface area contributed by atoms with Crippen molar-refractivity contribution in [1.29, 1.82) is 0 Å². The van der Waals surface area contributed by atoms with Crippen LogP contribution in [0.5, 0.6) is 0 Å². The molecule has 2 aromatic heterocycles. The third-order valence-corrected chi connectivity index (χ3v) is 3.73. The Bertz CT molecular complexity index is 928. The maximum atomic E-state index is 6.35. The summed E-state index contributed by atoms with van der Waals surface area (Å²) in [6.07, 6.45) is 5.34. The summed E-state index contributed by atoms with van der Waals surface area (Å²) in [6, 6.07) is 18.2. The van der Waals surface area contributed by atoms with Gasteiger partial charge in [-0.05, 0) is 12.1 Å². The second-order valence-electron chi connectivity index (χ2n) is 5.10. The number of fused-ring (bicyclic) bond motifs is 1. The Morgan fingerprint density at radius 2 is 1.73 bits per heavy atom. The fourth-order valence-electron chi connectivity index (χ4n) is 2.60. The summed E-state index contributed by atoms with van der Waals surface area (Å²) >= 11 is 0. The van der Waals surface area contributed by atoms with Crippen LogP contribution in [0.4, 0.5) is 5.69 Å². The second-order valence-corrected chi connectivity index (χ2v) is 5.10. The zero-order valence-electron chi connectivity index (χ0n) is 11.8. The molecule has 0 aliphatic carbocycles. The summed E-state index contributed by atoms with van der Waals surface area (Å²) < 4.78 is 1.89. The highest BCUT2D eigenvalue weighted by Crippen LogP contribution is 2.28. The number of benzene rings is 2. The van der Waals surface area contributed by atoms with E-state index in [-0.39, 0.29) is 0 Å². The average Bonchev–Trinajstić information content (AvgIpc) is 3.10. The number of nitrogens with two attached hydrogens (primary N) is 1. The molecular weight excluding hydrogens is 272 g/mol. The van der Waals surface area contributed by atoms with Gasteiger partial charge < -0.3 is 10.3 Å². The number of rotatable bonds is 2. The maximum Gasteiger partial charge on any atom is 0.0992 e. The summed E-state index contributed by atoms with van der Waals surface area (Å²) in [7, 11) is 0. The average molecular weight is 286 g/mol. The van der Waals surface area contributed by atoms with E-state index in [0.29, 0.717) is 5.69 Å². The topological polar surface area (TPSA) is 56.7 Å². The second kappa shape index (κ2) is 5.00. The van der Waals surface area contributed by atoms with Crippen LogP contribution in [0.2, 0.25) is 0 Å². The highest BCUT2D eigenvalue weighted by molar-refractivity contribution is 5.95. The van der Waals surface area contributed by atoms with Crippen LogP contribution in [0.1, 0.15) is 0 Å². The lowest BCUT2D eigenvalue weighted by Gasteiger charge is -2.10. The third-order valence-electron chi connectivity index (χ3n) is 3.73. The molecule has 0 fully saturated rings. The van der Waals surface area contributed by atoms with Crippen molar-refractivity contribution in [1.82, 2.24) is 14.5 Å². The van der Waals surface area contributed by atoms with Gasteiger partial charge in [-0.1, -0.05) is 42.5 Å². The normalized spacial score (nSPS) is 10.9. The smallest absolute Gasteiger partial charge is 0.0992 e. The van der Waals surface area contributed by atoms with Crippen LogP contribution in [0, 0.1) is 0 Å². The zero-order chi connectivity index (χ0) is 14.9. The molecule has 4 heteroatoms. The molecule has 0 saturated heterocycles. The molecule has 0 radical (unpaired) electrons. The van der Waals surface area contributed by atoms with Crippen LogP contribution >= 0.6 is 0 Å². The quantitative estimate of drug-likeness (QED) is 0.572. The molecule has 2 aromatic carbocycles. The first kappa shape index (κ1) is 12.6. The van der Waals surface area contributed by atoms with Crippen LogP contribution in [0.15, 0.2) is 73.3 Å². The minimum absolute atomic E-state index is 0.660. The molecule has 0 bridgehead atoms. The predicted octanol–water partition coefficient (Wildman–Crippen LogP) is 3.67. The molecule has 0 aliphatic heterocycles. The SMILES string of the molecule is Nc1c(-n2ccnc2)ccc2ccc(-c3ccccc3)nc12. The van der Waals surface area contributed by atoms with Gasteiger partial charge in [0.25, 0.3) is 0 Å². The number of nitrogens with zero attached hydrogens (tertiary/aromatic N) is 3. The Hall–Kier alpha value is -3.14. The lowest BCUT2D eigenvalue weighted by atomic mass is 10.1. The van der Waals surface area contributed by atoms with E-state index in [1.165, 1.54) is 0 Å². The minimum atomic E-state index is 0.660. The van der Waals surface area contributed by atoms with E-state index in [0.717, 1.165) is 27.8 Å². The van der Waals surface area contributed by atoms with E-state index in [2.05, 4.69) is 11.1 Å².